The van der Waals surface area contributed by atoms with E-state index in [1.54, 1.807) is 28.6 Å². The largest absolute Gasteiger partial charge is 0.350 e. The van der Waals surface area contributed by atoms with Gasteiger partial charge in [0.2, 0.25) is 10.0 Å². The van der Waals surface area contributed by atoms with Crippen molar-refractivity contribution >= 4 is 15.9 Å². The Hall–Kier alpha value is -2.22. The van der Waals surface area contributed by atoms with E-state index in [-0.39, 0.29) is 22.9 Å². The SMILES string of the molecule is CC1CCCCN1S(=O)(=O)c1ccc(C(=O)NCC(Cc2ccccc2)N(C)C)cc1. The standard InChI is InChI=1S/C24H33N3O3S/c1-19-9-7-8-16-27(19)31(29,30)23-14-12-21(13-15-23)24(28)25-18-22(26(2)3)17-20-10-5-4-6-11-20/h4-6,10-15,19,22H,7-9,16-18H2,1-3H3,(H,25,28). The first-order chi connectivity index (χ1) is 14.8. The summed E-state index contributed by atoms with van der Waals surface area (Å²) in [4.78, 5) is 15.0. The van der Waals surface area contributed by atoms with Gasteiger partial charge in [0.15, 0.2) is 0 Å². The van der Waals surface area contributed by atoms with Gasteiger partial charge in [0.25, 0.3) is 5.91 Å². The summed E-state index contributed by atoms with van der Waals surface area (Å²) in [6.07, 6.45) is 3.67. The molecule has 2 unspecified atom stereocenters. The van der Waals surface area contributed by atoms with E-state index in [1.807, 2.05) is 39.2 Å². The monoisotopic (exact) mass is 443 g/mol. The van der Waals surface area contributed by atoms with E-state index in [4.69, 9.17) is 0 Å². The molecule has 7 heteroatoms. The normalized spacial score (nSPS) is 18.6. The third-order valence-electron chi connectivity index (χ3n) is 6.01. The van der Waals surface area contributed by atoms with Crippen LogP contribution in [0, 0.1) is 0 Å². The average Bonchev–Trinajstić information content (AvgIpc) is 2.77. The highest BCUT2D eigenvalue weighted by Crippen LogP contribution is 2.25. The summed E-state index contributed by atoms with van der Waals surface area (Å²) in [6.45, 7) is 3.01. The quantitative estimate of drug-likeness (QED) is 0.680. The van der Waals surface area contributed by atoms with Crippen molar-refractivity contribution in [2.45, 2.75) is 49.6 Å². The lowest BCUT2D eigenvalue weighted by Gasteiger charge is -2.32. The Balaban J connectivity index is 1.63. The molecule has 2 atom stereocenters. The number of sulfonamides is 1. The number of hydrogen-bond donors (Lipinski definition) is 1. The Morgan fingerprint density at radius 1 is 1.10 bits per heavy atom. The lowest BCUT2D eigenvalue weighted by atomic mass is 10.1. The first-order valence-electron chi connectivity index (χ1n) is 10.9. The summed E-state index contributed by atoms with van der Waals surface area (Å²) < 4.78 is 27.5. The van der Waals surface area contributed by atoms with Gasteiger partial charge in [-0.3, -0.25) is 4.79 Å². The van der Waals surface area contributed by atoms with Crippen molar-refractivity contribution in [2.75, 3.05) is 27.2 Å². The second kappa shape index (κ2) is 10.4. The minimum Gasteiger partial charge on any atom is -0.350 e. The number of nitrogens with one attached hydrogen (secondary N) is 1. The summed E-state index contributed by atoms with van der Waals surface area (Å²) in [5.41, 5.74) is 1.68. The third kappa shape index (κ3) is 5.93. The number of piperidine rings is 1. The number of benzene rings is 2. The van der Waals surface area contributed by atoms with E-state index in [0.29, 0.717) is 18.7 Å². The summed E-state index contributed by atoms with van der Waals surface area (Å²) in [5, 5.41) is 2.99. The van der Waals surface area contributed by atoms with Gasteiger partial charge in [0, 0.05) is 30.7 Å². The van der Waals surface area contributed by atoms with Gasteiger partial charge < -0.3 is 10.2 Å². The van der Waals surface area contributed by atoms with Crippen molar-refractivity contribution in [1.82, 2.24) is 14.5 Å². The smallest absolute Gasteiger partial charge is 0.251 e. The molecule has 1 saturated heterocycles. The molecule has 1 amide bonds. The van der Waals surface area contributed by atoms with Crippen molar-refractivity contribution in [3.8, 4) is 0 Å². The topological polar surface area (TPSA) is 69.7 Å². The molecule has 2 aromatic carbocycles. The van der Waals surface area contributed by atoms with Gasteiger partial charge in [0.05, 0.1) is 4.90 Å². The molecule has 1 aliphatic heterocycles. The van der Waals surface area contributed by atoms with Crippen molar-refractivity contribution in [1.29, 1.82) is 0 Å². The maximum atomic E-state index is 13.0. The van der Waals surface area contributed by atoms with Crippen LogP contribution in [0.3, 0.4) is 0 Å². The second-order valence-corrected chi connectivity index (χ2v) is 10.4. The van der Waals surface area contributed by atoms with E-state index in [9.17, 15) is 13.2 Å². The zero-order chi connectivity index (χ0) is 22.4. The highest BCUT2D eigenvalue weighted by Gasteiger charge is 2.30. The molecule has 3 rings (SSSR count). The van der Waals surface area contributed by atoms with Crippen LogP contribution in [0.15, 0.2) is 59.5 Å². The molecular formula is C24H33N3O3S. The van der Waals surface area contributed by atoms with Gasteiger partial charge in [-0.05, 0) is 70.1 Å². The van der Waals surface area contributed by atoms with E-state index in [2.05, 4.69) is 22.3 Å². The molecule has 0 aromatic heterocycles. The molecule has 1 aliphatic rings. The fraction of sp³-hybridized carbons (Fsp3) is 0.458. The number of likely N-dealkylation sites (N-methyl/N-ethyl adjacent to an activating group) is 1. The maximum absolute atomic E-state index is 13.0. The van der Waals surface area contributed by atoms with Crippen LogP contribution in [0.1, 0.15) is 42.1 Å². The molecule has 0 spiro atoms. The summed E-state index contributed by atoms with van der Waals surface area (Å²) >= 11 is 0. The van der Waals surface area contributed by atoms with Crippen LogP contribution in [-0.2, 0) is 16.4 Å². The first kappa shape index (κ1) is 23.4. The minimum absolute atomic E-state index is 0.00862. The van der Waals surface area contributed by atoms with Crippen LogP contribution >= 0.6 is 0 Å². The molecule has 168 valence electrons. The van der Waals surface area contributed by atoms with Gasteiger partial charge in [-0.25, -0.2) is 8.42 Å². The van der Waals surface area contributed by atoms with Crippen LogP contribution in [0.25, 0.3) is 0 Å². The molecule has 1 heterocycles. The fourth-order valence-electron chi connectivity index (χ4n) is 3.98. The lowest BCUT2D eigenvalue weighted by molar-refractivity contribution is 0.0941. The Labute approximate surface area is 186 Å². The Kier molecular flexibility index (Phi) is 7.86. The van der Waals surface area contributed by atoms with E-state index in [0.717, 1.165) is 25.7 Å². The number of hydrogen-bond acceptors (Lipinski definition) is 4. The molecule has 0 radical (unpaired) electrons. The molecule has 0 aliphatic carbocycles. The third-order valence-corrected chi connectivity index (χ3v) is 8.04. The molecule has 0 saturated carbocycles. The summed E-state index contributed by atoms with van der Waals surface area (Å²) in [7, 11) is 0.472. The number of amides is 1. The van der Waals surface area contributed by atoms with E-state index in [1.165, 1.54) is 5.56 Å². The maximum Gasteiger partial charge on any atom is 0.251 e. The van der Waals surface area contributed by atoms with Gasteiger partial charge in [0.1, 0.15) is 0 Å². The fourth-order valence-corrected chi connectivity index (χ4v) is 5.68. The van der Waals surface area contributed by atoms with Crippen LogP contribution in [0.4, 0.5) is 0 Å². The molecular weight excluding hydrogens is 410 g/mol. The molecule has 1 N–H and O–H groups in total. The van der Waals surface area contributed by atoms with Crippen molar-refractivity contribution in [3.05, 3.63) is 65.7 Å². The molecule has 1 fully saturated rings. The van der Waals surface area contributed by atoms with E-state index >= 15 is 0 Å². The van der Waals surface area contributed by atoms with Gasteiger partial charge in [-0.2, -0.15) is 4.31 Å². The van der Waals surface area contributed by atoms with Crippen LogP contribution in [-0.4, -0.2) is 62.8 Å². The minimum atomic E-state index is -3.53. The highest BCUT2D eigenvalue weighted by molar-refractivity contribution is 7.89. The average molecular weight is 444 g/mol. The Bertz CT molecular complexity index is 959. The van der Waals surface area contributed by atoms with Crippen LogP contribution in [0.2, 0.25) is 0 Å². The molecule has 0 bridgehead atoms. The van der Waals surface area contributed by atoms with Crippen molar-refractivity contribution in [2.24, 2.45) is 0 Å². The number of nitrogens with zero attached hydrogens (tertiary/aromatic N) is 2. The molecule has 6 nitrogen and oxygen atoms in total. The molecule has 31 heavy (non-hydrogen) atoms. The number of carbonyl (C=O) groups excluding carboxylic acids is 1. The van der Waals surface area contributed by atoms with Crippen molar-refractivity contribution < 1.29 is 13.2 Å². The summed E-state index contributed by atoms with van der Waals surface area (Å²) in [6, 6.07) is 16.6. The predicted octanol–water partition coefficient (Wildman–Crippen LogP) is 3.15. The number of rotatable bonds is 8. The summed E-state index contributed by atoms with van der Waals surface area (Å²) in [5.74, 6) is -0.199. The predicted molar refractivity (Wildman–Crippen MR) is 124 cm³/mol. The van der Waals surface area contributed by atoms with E-state index < -0.39 is 10.0 Å². The van der Waals surface area contributed by atoms with Crippen LogP contribution in [0.5, 0.6) is 0 Å². The van der Waals surface area contributed by atoms with Gasteiger partial charge in [-0.1, -0.05) is 36.8 Å². The first-order valence-corrected chi connectivity index (χ1v) is 12.3. The lowest BCUT2D eigenvalue weighted by Crippen LogP contribution is -2.42. The number of carbonyl (C=O) groups is 1. The zero-order valence-corrected chi connectivity index (χ0v) is 19.4. The van der Waals surface area contributed by atoms with Gasteiger partial charge >= 0.3 is 0 Å². The van der Waals surface area contributed by atoms with Gasteiger partial charge in [-0.15, -0.1) is 0 Å². The van der Waals surface area contributed by atoms with Crippen LogP contribution < -0.4 is 5.32 Å². The zero-order valence-electron chi connectivity index (χ0n) is 18.6. The van der Waals surface area contributed by atoms with Crippen molar-refractivity contribution in [3.63, 3.8) is 0 Å². The Morgan fingerprint density at radius 2 is 1.77 bits per heavy atom. The highest BCUT2D eigenvalue weighted by atomic mass is 32.2. The molecule has 2 aromatic rings. The Morgan fingerprint density at radius 3 is 2.39 bits per heavy atom. The second-order valence-electron chi connectivity index (χ2n) is 8.50.